The van der Waals surface area contributed by atoms with E-state index in [0.717, 1.165) is 0 Å². The van der Waals surface area contributed by atoms with Gasteiger partial charge in [-0.3, -0.25) is 4.57 Å². The highest BCUT2D eigenvalue weighted by atomic mass is 32.2. The predicted molar refractivity (Wildman–Crippen MR) is 73.9 cm³/mol. The summed E-state index contributed by atoms with van der Waals surface area (Å²) in [4.78, 5) is 11.6. The molecule has 0 saturated carbocycles. The molecule has 0 aliphatic carbocycles. The summed E-state index contributed by atoms with van der Waals surface area (Å²) in [7, 11) is 0. The Morgan fingerprint density at radius 2 is 2.25 bits per heavy atom. The lowest BCUT2D eigenvalue weighted by molar-refractivity contribution is 0.534. The number of aromatic nitrogens is 3. The van der Waals surface area contributed by atoms with Crippen molar-refractivity contribution < 1.29 is 4.39 Å². The van der Waals surface area contributed by atoms with E-state index in [2.05, 4.69) is 10.2 Å². The van der Waals surface area contributed by atoms with Gasteiger partial charge in [0.25, 0.3) is 0 Å². The third-order valence-electron chi connectivity index (χ3n) is 2.64. The fraction of sp³-hybridized carbons (Fsp3) is 0.308. The summed E-state index contributed by atoms with van der Waals surface area (Å²) in [6.45, 7) is 3.77. The number of nitriles is 1. The molecular weight excluding hydrogens is 279 g/mol. The molecule has 2 rings (SSSR count). The van der Waals surface area contributed by atoms with Crippen molar-refractivity contribution in [3.05, 3.63) is 45.6 Å². The van der Waals surface area contributed by atoms with Crippen molar-refractivity contribution in [2.75, 3.05) is 0 Å². The van der Waals surface area contributed by atoms with Gasteiger partial charge in [0.15, 0.2) is 5.16 Å². The van der Waals surface area contributed by atoms with Gasteiger partial charge in [-0.05, 0) is 37.6 Å². The van der Waals surface area contributed by atoms with Crippen LogP contribution in [0, 0.1) is 17.1 Å². The minimum Gasteiger partial charge on any atom is -0.268 e. The Morgan fingerprint density at radius 3 is 2.90 bits per heavy atom. The van der Waals surface area contributed by atoms with E-state index in [-0.39, 0.29) is 17.3 Å². The lowest BCUT2D eigenvalue weighted by Gasteiger charge is -2.08. The maximum atomic E-state index is 13.3. The van der Waals surface area contributed by atoms with Crippen LogP contribution in [0.3, 0.4) is 0 Å². The molecule has 1 N–H and O–H groups in total. The van der Waals surface area contributed by atoms with Gasteiger partial charge in [0.05, 0.1) is 11.6 Å². The summed E-state index contributed by atoms with van der Waals surface area (Å²) < 4.78 is 14.9. The fourth-order valence-corrected chi connectivity index (χ4v) is 2.80. The SMILES string of the molecule is CC(C)n1c(SCc2cc(F)cc(C#N)c2)n[nH]c1=O. The summed E-state index contributed by atoms with van der Waals surface area (Å²) in [6.07, 6.45) is 0. The summed E-state index contributed by atoms with van der Waals surface area (Å²) in [5.41, 5.74) is 0.695. The van der Waals surface area contributed by atoms with Gasteiger partial charge < -0.3 is 0 Å². The van der Waals surface area contributed by atoms with Gasteiger partial charge in [-0.25, -0.2) is 14.3 Å². The standard InChI is InChI=1S/C13H13FN4OS/c1-8(2)18-12(19)16-17-13(18)20-7-10-3-9(6-15)4-11(14)5-10/h3-5,8H,7H2,1-2H3,(H,16,19). The first kappa shape index (κ1) is 14.3. The number of nitrogens with one attached hydrogen (secondary N) is 1. The molecule has 0 radical (unpaired) electrons. The van der Waals surface area contributed by atoms with Crippen molar-refractivity contribution in [3.63, 3.8) is 0 Å². The van der Waals surface area contributed by atoms with Crippen LogP contribution in [0.5, 0.6) is 0 Å². The molecule has 0 unspecified atom stereocenters. The van der Waals surface area contributed by atoms with Gasteiger partial charge in [0.2, 0.25) is 0 Å². The number of hydrogen-bond acceptors (Lipinski definition) is 4. The maximum absolute atomic E-state index is 13.3. The fourth-order valence-electron chi connectivity index (χ4n) is 1.79. The van der Waals surface area contributed by atoms with Gasteiger partial charge >= 0.3 is 5.69 Å². The second kappa shape index (κ2) is 5.92. The summed E-state index contributed by atoms with van der Waals surface area (Å²) in [6, 6.07) is 6.09. The number of thioether (sulfide) groups is 1. The number of aromatic amines is 1. The minimum atomic E-state index is -0.442. The monoisotopic (exact) mass is 292 g/mol. The Kier molecular flexibility index (Phi) is 4.25. The number of nitrogens with zero attached hydrogens (tertiary/aromatic N) is 3. The van der Waals surface area contributed by atoms with E-state index >= 15 is 0 Å². The van der Waals surface area contributed by atoms with E-state index in [4.69, 9.17) is 5.26 Å². The average Bonchev–Trinajstić information content (AvgIpc) is 2.77. The van der Waals surface area contributed by atoms with E-state index in [1.165, 1.54) is 28.5 Å². The number of halogens is 1. The molecule has 20 heavy (non-hydrogen) atoms. The lowest BCUT2D eigenvalue weighted by Crippen LogP contribution is -2.19. The first-order chi connectivity index (χ1) is 9.51. The van der Waals surface area contributed by atoms with E-state index < -0.39 is 5.82 Å². The molecule has 0 fully saturated rings. The Morgan fingerprint density at radius 1 is 1.50 bits per heavy atom. The zero-order chi connectivity index (χ0) is 14.7. The molecule has 0 spiro atoms. The summed E-state index contributed by atoms with van der Waals surface area (Å²) in [5.74, 6) is -0.00775. The van der Waals surface area contributed by atoms with Crippen molar-refractivity contribution in [1.82, 2.24) is 14.8 Å². The Labute approximate surface area is 119 Å². The molecule has 0 aliphatic rings. The van der Waals surface area contributed by atoms with Crippen molar-refractivity contribution in [2.24, 2.45) is 0 Å². The van der Waals surface area contributed by atoms with Crippen molar-refractivity contribution >= 4 is 11.8 Å². The largest absolute Gasteiger partial charge is 0.344 e. The molecule has 0 amide bonds. The third-order valence-corrected chi connectivity index (χ3v) is 3.67. The topological polar surface area (TPSA) is 74.5 Å². The first-order valence-electron chi connectivity index (χ1n) is 6.00. The molecule has 0 atom stereocenters. The quantitative estimate of drug-likeness (QED) is 0.878. The Bertz CT molecular complexity index is 714. The van der Waals surface area contributed by atoms with Gasteiger partial charge in [0.1, 0.15) is 5.82 Å². The Balaban J connectivity index is 2.20. The molecule has 0 aliphatic heterocycles. The van der Waals surface area contributed by atoms with Crippen molar-refractivity contribution in [3.8, 4) is 6.07 Å². The summed E-state index contributed by atoms with van der Waals surface area (Å²) in [5, 5.41) is 15.7. The summed E-state index contributed by atoms with van der Waals surface area (Å²) >= 11 is 1.32. The lowest BCUT2D eigenvalue weighted by atomic mass is 10.1. The molecule has 0 saturated heterocycles. The molecule has 7 heteroatoms. The highest BCUT2D eigenvalue weighted by Crippen LogP contribution is 2.22. The number of hydrogen-bond donors (Lipinski definition) is 1. The first-order valence-corrected chi connectivity index (χ1v) is 6.99. The smallest absolute Gasteiger partial charge is 0.268 e. The van der Waals surface area contributed by atoms with Crippen molar-refractivity contribution in [2.45, 2.75) is 30.8 Å². The number of benzene rings is 1. The van der Waals surface area contributed by atoms with Crippen LogP contribution in [0.15, 0.2) is 28.2 Å². The molecule has 1 heterocycles. The van der Waals surface area contributed by atoms with E-state index in [0.29, 0.717) is 16.5 Å². The van der Waals surface area contributed by atoms with Crippen LogP contribution >= 0.6 is 11.8 Å². The second-order valence-corrected chi connectivity index (χ2v) is 5.47. The van der Waals surface area contributed by atoms with Gasteiger partial charge in [-0.15, -0.1) is 5.10 Å². The van der Waals surface area contributed by atoms with Gasteiger partial charge in [0, 0.05) is 11.8 Å². The van der Waals surface area contributed by atoms with Gasteiger partial charge in [-0.2, -0.15) is 5.26 Å². The minimum absolute atomic E-state index is 0.00840. The van der Waals surface area contributed by atoms with E-state index in [9.17, 15) is 9.18 Å². The van der Waals surface area contributed by atoms with Gasteiger partial charge in [-0.1, -0.05) is 11.8 Å². The Hall–Kier alpha value is -2.07. The van der Waals surface area contributed by atoms with Crippen LogP contribution in [-0.4, -0.2) is 14.8 Å². The predicted octanol–water partition coefficient (Wildman–Crippen LogP) is 2.46. The third kappa shape index (κ3) is 3.08. The van der Waals surface area contributed by atoms with Crippen LogP contribution in [0.1, 0.15) is 31.0 Å². The van der Waals surface area contributed by atoms with Crippen LogP contribution in [0.2, 0.25) is 0 Å². The normalized spacial score (nSPS) is 10.8. The van der Waals surface area contributed by atoms with Crippen LogP contribution in [0.25, 0.3) is 0 Å². The maximum Gasteiger partial charge on any atom is 0.344 e. The zero-order valence-electron chi connectivity index (χ0n) is 11.1. The second-order valence-electron chi connectivity index (χ2n) is 4.52. The molecule has 1 aromatic heterocycles. The molecule has 5 nitrogen and oxygen atoms in total. The molecule has 104 valence electrons. The van der Waals surface area contributed by atoms with Crippen LogP contribution in [-0.2, 0) is 5.75 Å². The van der Waals surface area contributed by atoms with Crippen LogP contribution in [0.4, 0.5) is 4.39 Å². The molecule has 1 aromatic carbocycles. The molecule has 2 aromatic rings. The van der Waals surface area contributed by atoms with E-state index in [1.54, 1.807) is 6.07 Å². The number of H-pyrrole nitrogens is 1. The molecule has 0 bridgehead atoms. The zero-order valence-corrected chi connectivity index (χ0v) is 11.9. The van der Waals surface area contributed by atoms with Crippen molar-refractivity contribution in [1.29, 1.82) is 5.26 Å². The highest BCUT2D eigenvalue weighted by molar-refractivity contribution is 7.98. The average molecular weight is 292 g/mol. The highest BCUT2D eigenvalue weighted by Gasteiger charge is 2.12. The van der Waals surface area contributed by atoms with Crippen LogP contribution < -0.4 is 5.69 Å². The van der Waals surface area contributed by atoms with E-state index in [1.807, 2.05) is 19.9 Å². The molecular formula is C13H13FN4OS. The number of rotatable bonds is 4.